The van der Waals surface area contributed by atoms with Crippen molar-refractivity contribution in [3.63, 3.8) is 0 Å². The van der Waals surface area contributed by atoms with Crippen molar-refractivity contribution in [2.45, 2.75) is 13.3 Å². The predicted molar refractivity (Wildman–Crippen MR) is 131 cm³/mol. The fourth-order valence-electron chi connectivity index (χ4n) is 3.86. The average Bonchev–Trinajstić information content (AvgIpc) is 3.18. The zero-order valence-electron chi connectivity index (χ0n) is 17.9. The van der Waals surface area contributed by atoms with E-state index >= 15 is 0 Å². The molecule has 0 bridgehead atoms. The molecule has 2 aromatic heterocycles. The topological polar surface area (TPSA) is 84.3 Å². The molecule has 0 saturated heterocycles. The van der Waals surface area contributed by atoms with Crippen molar-refractivity contribution in [3.05, 3.63) is 89.1 Å². The molecule has 0 atom stereocenters. The largest absolute Gasteiger partial charge is 0.507 e. The summed E-state index contributed by atoms with van der Waals surface area (Å²) in [4.78, 5) is 22.8. The number of esters is 1. The Bertz CT molecular complexity index is 1460. The lowest BCUT2D eigenvalue weighted by Crippen LogP contribution is -2.07. The smallest absolute Gasteiger partial charge is 0.348 e. The molecule has 7 heteroatoms. The number of benzene rings is 3. The van der Waals surface area contributed by atoms with Gasteiger partial charge in [0.1, 0.15) is 27.6 Å². The van der Waals surface area contributed by atoms with Gasteiger partial charge in [-0.05, 0) is 30.2 Å². The van der Waals surface area contributed by atoms with E-state index in [1.807, 2.05) is 61.5 Å². The molecule has 0 aliphatic heterocycles. The second-order valence-corrected chi connectivity index (χ2v) is 8.63. The number of aromatic hydroxyl groups is 1. The van der Waals surface area contributed by atoms with E-state index in [-0.39, 0.29) is 11.7 Å². The summed E-state index contributed by atoms with van der Waals surface area (Å²) >= 11 is 1.30. The van der Waals surface area contributed by atoms with Gasteiger partial charge in [0.2, 0.25) is 0 Å². The summed E-state index contributed by atoms with van der Waals surface area (Å²) in [5.41, 5.74) is 2.71. The fraction of sp³-hybridized carbons (Fsp3) is 0.115. The Kier molecular flexibility index (Phi) is 5.62. The molecule has 6 nitrogen and oxygen atoms in total. The molecular weight excluding hydrogens is 434 g/mol. The van der Waals surface area contributed by atoms with Crippen LogP contribution in [0.1, 0.15) is 20.8 Å². The number of carbonyl (C=O) groups excluding carboxylic acids is 1. The molecule has 0 aliphatic carbocycles. The molecule has 0 spiro atoms. The molecule has 5 aromatic rings. The lowest BCUT2D eigenvalue weighted by Gasteiger charge is -2.11. The van der Waals surface area contributed by atoms with Gasteiger partial charge < -0.3 is 15.2 Å². The Morgan fingerprint density at radius 1 is 1.00 bits per heavy atom. The molecule has 0 saturated carbocycles. The number of rotatable bonds is 6. The molecule has 0 amide bonds. The summed E-state index contributed by atoms with van der Waals surface area (Å²) in [6, 6.07) is 21.0. The van der Waals surface area contributed by atoms with E-state index in [1.54, 1.807) is 12.1 Å². The number of hydrogen-bond donors (Lipinski definition) is 2. The van der Waals surface area contributed by atoms with Crippen molar-refractivity contribution in [2.24, 2.45) is 0 Å². The number of phenols is 1. The Morgan fingerprint density at radius 2 is 1.79 bits per heavy atom. The molecule has 0 radical (unpaired) electrons. The zero-order chi connectivity index (χ0) is 22.8. The standard InChI is InChI=1S/C26H21N3O3S/c1-16-22-24(29-20-11-5-10-19-18(20)9-6-12-21(19)30)27-15-28-25(22)33-23(16)26(31)32-14-13-17-7-3-2-4-8-17/h2-12,15,30H,13-14H2,1H3,(H,27,28,29). The second-order valence-electron chi connectivity index (χ2n) is 7.63. The number of phenolic OH excluding ortho intramolecular Hbond substituents is 1. The van der Waals surface area contributed by atoms with E-state index in [0.717, 1.165) is 33.0 Å². The number of hydrogen-bond acceptors (Lipinski definition) is 7. The molecule has 0 unspecified atom stereocenters. The zero-order valence-corrected chi connectivity index (χ0v) is 18.7. The number of nitrogens with one attached hydrogen (secondary N) is 1. The minimum atomic E-state index is -0.354. The van der Waals surface area contributed by atoms with Crippen LogP contribution in [0.3, 0.4) is 0 Å². The molecule has 2 heterocycles. The summed E-state index contributed by atoms with van der Waals surface area (Å²) in [5, 5.41) is 16.0. The molecular formula is C26H21N3O3S. The molecule has 164 valence electrons. The van der Waals surface area contributed by atoms with Crippen molar-refractivity contribution in [1.29, 1.82) is 0 Å². The van der Waals surface area contributed by atoms with Crippen LogP contribution in [0, 0.1) is 6.92 Å². The van der Waals surface area contributed by atoms with Crippen LogP contribution in [-0.4, -0.2) is 27.7 Å². The maximum Gasteiger partial charge on any atom is 0.348 e. The van der Waals surface area contributed by atoms with Gasteiger partial charge in [-0.3, -0.25) is 0 Å². The van der Waals surface area contributed by atoms with Crippen LogP contribution in [0.4, 0.5) is 11.5 Å². The van der Waals surface area contributed by atoms with Gasteiger partial charge in [-0.2, -0.15) is 0 Å². The van der Waals surface area contributed by atoms with E-state index in [9.17, 15) is 9.90 Å². The van der Waals surface area contributed by atoms with Crippen LogP contribution in [0.5, 0.6) is 5.75 Å². The lowest BCUT2D eigenvalue weighted by molar-refractivity contribution is 0.0514. The van der Waals surface area contributed by atoms with E-state index in [4.69, 9.17) is 4.74 Å². The summed E-state index contributed by atoms with van der Waals surface area (Å²) in [5.74, 6) is 0.469. The molecule has 2 N–H and O–H groups in total. The third-order valence-electron chi connectivity index (χ3n) is 5.53. The van der Waals surface area contributed by atoms with Crippen LogP contribution in [-0.2, 0) is 11.2 Å². The Morgan fingerprint density at radius 3 is 2.64 bits per heavy atom. The second kappa shape index (κ2) is 8.88. The molecule has 0 fully saturated rings. The first-order valence-corrected chi connectivity index (χ1v) is 11.4. The van der Waals surface area contributed by atoms with Crippen LogP contribution in [0.15, 0.2) is 73.1 Å². The highest BCUT2D eigenvalue weighted by atomic mass is 32.1. The minimum Gasteiger partial charge on any atom is -0.507 e. The number of aryl methyl sites for hydroxylation is 1. The minimum absolute atomic E-state index is 0.219. The number of fused-ring (bicyclic) bond motifs is 2. The van der Waals surface area contributed by atoms with Crippen LogP contribution >= 0.6 is 11.3 Å². The van der Waals surface area contributed by atoms with Gasteiger partial charge in [-0.1, -0.05) is 54.6 Å². The van der Waals surface area contributed by atoms with Crippen molar-refractivity contribution >= 4 is 49.8 Å². The van der Waals surface area contributed by atoms with Gasteiger partial charge in [0.25, 0.3) is 0 Å². The molecule has 33 heavy (non-hydrogen) atoms. The highest BCUT2D eigenvalue weighted by Crippen LogP contribution is 2.37. The monoisotopic (exact) mass is 455 g/mol. The maximum absolute atomic E-state index is 12.8. The number of nitrogens with zero attached hydrogens (tertiary/aromatic N) is 2. The number of anilines is 2. The van der Waals surface area contributed by atoms with Crippen molar-refractivity contribution in [1.82, 2.24) is 9.97 Å². The predicted octanol–water partition coefficient (Wildman–Crippen LogP) is 6.00. The SMILES string of the molecule is Cc1c(C(=O)OCCc2ccccc2)sc2ncnc(Nc3cccc4c(O)cccc34)c12. The number of thiophene rings is 1. The van der Waals surface area contributed by atoms with Crippen LogP contribution < -0.4 is 5.32 Å². The van der Waals surface area contributed by atoms with Gasteiger partial charge in [0.15, 0.2) is 0 Å². The molecule has 5 rings (SSSR count). The number of carbonyl (C=O) groups is 1. The van der Waals surface area contributed by atoms with Gasteiger partial charge >= 0.3 is 5.97 Å². The molecule has 3 aromatic carbocycles. The summed E-state index contributed by atoms with van der Waals surface area (Å²) in [6.45, 7) is 2.20. The quantitative estimate of drug-likeness (QED) is 0.306. The van der Waals surface area contributed by atoms with Crippen molar-refractivity contribution in [3.8, 4) is 5.75 Å². The Balaban J connectivity index is 1.43. The lowest BCUT2D eigenvalue weighted by atomic mass is 10.1. The van der Waals surface area contributed by atoms with Gasteiger partial charge in [0, 0.05) is 22.9 Å². The Labute approximate surface area is 194 Å². The number of aromatic nitrogens is 2. The first-order chi connectivity index (χ1) is 16.1. The first-order valence-electron chi connectivity index (χ1n) is 10.5. The van der Waals surface area contributed by atoms with Gasteiger partial charge in [-0.25, -0.2) is 14.8 Å². The summed E-state index contributed by atoms with van der Waals surface area (Å²) in [7, 11) is 0. The average molecular weight is 456 g/mol. The van der Waals surface area contributed by atoms with Gasteiger partial charge in [-0.15, -0.1) is 11.3 Å². The third-order valence-corrected chi connectivity index (χ3v) is 6.71. The van der Waals surface area contributed by atoms with Crippen LogP contribution in [0.25, 0.3) is 21.0 Å². The fourth-order valence-corrected chi connectivity index (χ4v) is 4.91. The first kappa shape index (κ1) is 20.9. The normalized spacial score (nSPS) is 11.1. The summed E-state index contributed by atoms with van der Waals surface area (Å²) < 4.78 is 5.55. The van der Waals surface area contributed by atoms with Gasteiger partial charge in [0.05, 0.1) is 12.0 Å². The maximum atomic E-state index is 12.8. The van der Waals surface area contributed by atoms with Crippen molar-refractivity contribution < 1.29 is 14.6 Å². The number of ether oxygens (including phenoxy) is 1. The molecule has 0 aliphatic rings. The highest BCUT2D eigenvalue weighted by molar-refractivity contribution is 7.20. The van der Waals surface area contributed by atoms with Crippen molar-refractivity contribution in [2.75, 3.05) is 11.9 Å². The van der Waals surface area contributed by atoms with E-state index < -0.39 is 0 Å². The van der Waals surface area contributed by atoms with E-state index in [0.29, 0.717) is 28.6 Å². The van der Waals surface area contributed by atoms with E-state index in [2.05, 4.69) is 15.3 Å². The third kappa shape index (κ3) is 4.10. The van der Waals surface area contributed by atoms with E-state index in [1.165, 1.54) is 17.7 Å². The van der Waals surface area contributed by atoms with Crippen LogP contribution in [0.2, 0.25) is 0 Å². The Hall–Kier alpha value is -3.97. The highest BCUT2D eigenvalue weighted by Gasteiger charge is 2.21. The summed E-state index contributed by atoms with van der Waals surface area (Å²) in [6.07, 6.45) is 2.14.